The van der Waals surface area contributed by atoms with Crippen molar-refractivity contribution < 1.29 is 14.3 Å². The number of hydrogen-bond acceptors (Lipinski definition) is 3. The zero-order valence-corrected chi connectivity index (χ0v) is 10.0. The largest absolute Gasteiger partial charge is 0.415 e. The molecule has 2 rings (SSSR count). The topological polar surface area (TPSA) is 46.6 Å². The lowest BCUT2D eigenvalue weighted by atomic mass is 10.1. The fourth-order valence-corrected chi connectivity index (χ4v) is 1.73. The molecule has 1 aromatic carbocycles. The van der Waals surface area contributed by atoms with Crippen LogP contribution < -0.4 is 4.74 Å². The molecule has 1 saturated heterocycles. The van der Waals surface area contributed by atoms with Crippen LogP contribution in [0.25, 0.3) is 0 Å². The molecule has 0 saturated carbocycles. The molecule has 1 aromatic rings. The van der Waals surface area contributed by atoms with Crippen molar-refractivity contribution in [1.82, 2.24) is 4.90 Å². The quantitative estimate of drug-likeness (QED) is 0.746. The maximum Gasteiger partial charge on any atom is 0.415 e. The molecule has 90 valence electrons. The van der Waals surface area contributed by atoms with E-state index in [1.807, 2.05) is 26.0 Å². The van der Waals surface area contributed by atoms with Crippen LogP contribution in [0.2, 0.25) is 0 Å². The predicted octanol–water partition coefficient (Wildman–Crippen LogP) is 2.08. The van der Waals surface area contributed by atoms with Crippen molar-refractivity contribution in [3.63, 3.8) is 0 Å². The number of ketones is 1. The second-order valence-electron chi connectivity index (χ2n) is 4.32. The van der Waals surface area contributed by atoms with Crippen molar-refractivity contribution in [1.29, 1.82) is 0 Å². The highest BCUT2D eigenvalue weighted by Gasteiger charge is 2.25. The lowest BCUT2D eigenvalue weighted by Gasteiger charge is -2.14. The van der Waals surface area contributed by atoms with Crippen LogP contribution in [0.15, 0.2) is 18.2 Å². The van der Waals surface area contributed by atoms with Gasteiger partial charge in [0.05, 0.1) is 6.54 Å². The molecule has 0 aliphatic carbocycles. The average Bonchev–Trinajstić information content (AvgIpc) is 2.70. The van der Waals surface area contributed by atoms with Gasteiger partial charge < -0.3 is 9.64 Å². The number of likely N-dealkylation sites (tertiary alicyclic amines) is 1. The van der Waals surface area contributed by atoms with E-state index in [0.29, 0.717) is 18.7 Å². The highest BCUT2D eigenvalue weighted by molar-refractivity contribution is 5.87. The number of ether oxygens (including phenoxy) is 1. The Balaban J connectivity index is 2.03. The number of Topliss-reactive ketones (excluding diaryl/α,β-unsaturated/α-hetero) is 1. The Morgan fingerprint density at radius 3 is 2.65 bits per heavy atom. The molecule has 1 aliphatic heterocycles. The van der Waals surface area contributed by atoms with Crippen LogP contribution in [0.3, 0.4) is 0 Å². The molecule has 4 nitrogen and oxygen atoms in total. The van der Waals surface area contributed by atoms with Gasteiger partial charge in [-0.1, -0.05) is 6.07 Å². The molecule has 0 bridgehead atoms. The summed E-state index contributed by atoms with van der Waals surface area (Å²) in [6, 6.07) is 5.50. The molecule has 1 amide bonds. The standard InChI is InChI=1S/C13H15NO3/c1-9-3-4-12(7-10(9)2)17-13(16)14-6-5-11(15)8-14/h3-4,7H,5-6,8H2,1-2H3. The van der Waals surface area contributed by atoms with E-state index < -0.39 is 6.09 Å². The van der Waals surface area contributed by atoms with Gasteiger partial charge in [0, 0.05) is 13.0 Å². The number of hydrogen-bond donors (Lipinski definition) is 0. The van der Waals surface area contributed by atoms with Crippen molar-refractivity contribution in [2.45, 2.75) is 20.3 Å². The Kier molecular flexibility index (Phi) is 3.13. The highest BCUT2D eigenvalue weighted by Crippen LogP contribution is 2.18. The van der Waals surface area contributed by atoms with Gasteiger partial charge in [-0.2, -0.15) is 0 Å². The smallest absolute Gasteiger partial charge is 0.410 e. The summed E-state index contributed by atoms with van der Waals surface area (Å²) < 4.78 is 5.22. The Labute approximate surface area is 100 Å². The number of aryl methyl sites for hydroxylation is 2. The third-order valence-corrected chi connectivity index (χ3v) is 2.97. The summed E-state index contributed by atoms with van der Waals surface area (Å²) >= 11 is 0. The molecule has 0 spiro atoms. The predicted molar refractivity (Wildman–Crippen MR) is 63.1 cm³/mol. The van der Waals surface area contributed by atoms with Crippen molar-refractivity contribution >= 4 is 11.9 Å². The number of nitrogens with zero attached hydrogens (tertiary/aromatic N) is 1. The summed E-state index contributed by atoms with van der Waals surface area (Å²) in [5.41, 5.74) is 2.23. The lowest BCUT2D eigenvalue weighted by Crippen LogP contribution is -2.31. The SMILES string of the molecule is Cc1ccc(OC(=O)N2CCC(=O)C2)cc1C. The van der Waals surface area contributed by atoms with E-state index in [0.717, 1.165) is 11.1 Å². The summed E-state index contributed by atoms with van der Waals surface area (Å²) in [4.78, 5) is 24.2. The van der Waals surface area contributed by atoms with E-state index in [9.17, 15) is 9.59 Å². The third-order valence-electron chi connectivity index (χ3n) is 2.97. The maximum absolute atomic E-state index is 11.7. The molecular formula is C13H15NO3. The molecule has 0 N–H and O–H groups in total. The first-order valence-electron chi connectivity index (χ1n) is 5.62. The van der Waals surface area contributed by atoms with Crippen molar-refractivity contribution in [2.75, 3.05) is 13.1 Å². The number of benzene rings is 1. The monoisotopic (exact) mass is 233 g/mol. The molecule has 0 atom stereocenters. The molecule has 0 radical (unpaired) electrons. The van der Waals surface area contributed by atoms with Crippen molar-refractivity contribution in [3.05, 3.63) is 29.3 Å². The van der Waals surface area contributed by atoms with Gasteiger partial charge in [-0.05, 0) is 37.1 Å². The van der Waals surface area contributed by atoms with E-state index in [1.165, 1.54) is 4.90 Å². The normalized spacial score (nSPS) is 15.2. The lowest BCUT2D eigenvalue weighted by molar-refractivity contribution is -0.116. The summed E-state index contributed by atoms with van der Waals surface area (Å²) in [6.45, 7) is 4.60. The zero-order valence-electron chi connectivity index (χ0n) is 10.0. The Hall–Kier alpha value is -1.84. The molecular weight excluding hydrogens is 218 g/mol. The van der Waals surface area contributed by atoms with Crippen LogP contribution in [0.5, 0.6) is 5.75 Å². The van der Waals surface area contributed by atoms with Crippen molar-refractivity contribution in [2.24, 2.45) is 0 Å². The van der Waals surface area contributed by atoms with Gasteiger partial charge in [-0.25, -0.2) is 4.79 Å². The zero-order chi connectivity index (χ0) is 12.4. The molecule has 0 aromatic heterocycles. The Morgan fingerprint density at radius 1 is 1.29 bits per heavy atom. The molecule has 0 unspecified atom stereocenters. The second-order valence-corrected chi connectivity index (χ2v) is 4.32. The van der Waals surface area contributed by atoms with Gasteiger partial charge in [0.2, 0.25) is 0 Å². The van der Waals surface area contributed by atoms with Gasteiger partial charge in [0.1, 0.15) is 5.75 Å². The van der Waals surface area contributed by atoms with Crippen LogP contribution >= 0.6 is 0 Å². The molecule has 1 aliphatic rings. The summed E-state index contributed by atoms with van der Waals surface area (Å²) in [6.07, 6.45) is -0.0127. The minimum absolute atomic E-state index is 0.0852. The fourth-order valence-electron chi connectivity index (χ4n) is 1.73. The number of amides is 1. The summed E-state index contributed by atoms with van der Waals surface area (Å²) in [5, 5.41) is 0. The van der Waals surface area contributed by atoms with E-state index in [-0.39, 0.29) is 12.3 Å². The van der Waals surface area contributed by atoms with E-state index in [2.05, 4.69) is 0 Å². The fraction of sp³-hybridized carbons (Fsp3) is 0.385. The highest BCUT2D eigenvalue weighted by atomic mass is 16.6. The van der Waals surface area contributed by atoms with E-state index >= 15 is 0 Å². The third kappa shape index (κ3) is 2.64. The van der Waals surface area contributed by atoms with Gasteiger partial charge in [-0.15, -0.1) is 0 Å². The Bertz CT molecular complexity index is 468. The van der Waals surface area contributed by atoms with Gasteiger partial charge in [-0.3, -0.25) is 4.79 Å². The minimum atomic E-state index is -0.445. The van der Waals surface area contributed by atoms with Gasteiger partial charge in [0.15, 0.2) is 5.78 Å². The second kappa shape index (κ2) is 4.57. The van der Waals surface area contributed by atoms with Crippen molar-refractivity contribution in [3.8, 4) is 5.75 Å². The minimum Gasteiger partial charge on any atom is -0.410 e. The van der Waals surface area contributed by atoms with Crippen LogP contribution in [0.1, 0.15) is 17.5 Å². The van der Waals surface area contributed by atoms with Crippen LogP contribution in [-0.4, -0.2) is 29.9 Å². The first-order chi connectivity index (χ1) is 8.06. The summed E-state index contributed by atoms with van der Waals surface area (Å²) in [5.74, 6) is 0.611. The molecule has 1 fully saturated rings. The molecule has 17 heavy (non-hydrogen) atoms. The molecule has 1 heterocycles. The van der Waals surface area contributed by atoms with Crippen LogP contribution in [0, 0.1) is 13.8 Å². The van der Waals surface area contributed by atoms with Crippen LogP contribution in [-0.2, 0) is 4.79 Å². The Morgan fingerprint density at radius 2 is 2.06 bits per heavy atom. The molecule has 4 heteroatoms. The van der Waals surface area contributed by atoms with Gasteiger partial charge in [0.25, 0.3) is 0 Å². The van der Waals surface area contributed by atoms with E-state index in [1.54, 1.807) is 6.07 Å². The number of carbonyl (C=O) groups excluding carboxylic acids is 2. The first-order valence-corrected chi connectivity index (χ1v) is 5.62. The number of rotatable bonds is 1. The van der Waals surface area contributed by atoms with Gasteiger partial charge >= 0.3 is 6.09 Å². The number of carbonyl (C=O) groups is 2. The summed E-state index contributed by atoms with van der Waals surface area (Å²) in [7, 11) is 0. The van der Waals surface area contributed by atoms with E-state index in [4.69, 9.17) is 4.74 Å². The average molecular weight is 233 g/mol. The van der Waals surface area contributed by atoms with Crippen LogP contribution in [0.4, 0.5) is 4.79 Å². The first kappa shape index (κ1) is 11.6. The maximum atomic E-state index is 11.7.